The zero-order valence-electron chi connectivity index (χ0n) is 16.6. The number of halogens is 2. The zero-order chi connectivity index (χ0) is 21.7. The van der Waals surface area contributed by atoms with E-state index in [0.29, 0.717) is 28.1 Å². The van der Waals surface area contributed by atoms with Gasteiger partial charge in [0.25, 0.3) is 0 Å². The maximum atomic E-state index is 14.9. The Morgan fingerprint density at radius 1 is 1.47 bits per heavy atom. The molecule has 0 saturated carbocycles. The Morgan fingerprint density at radius 3 is 2.90 bits per heavy atom. The van der Waals surface area contributed by atoms with E-state index in [2.05, 4.69) is 15.1 Å². The second-order valence-electron chi connectivity index (χ2n) is 7.30. The number of benzene rings is 1. The molecule has 158 valence electrons. The molecular weight excluding hydrogens is 415 g/mol. The van der Waals surface area contributed by atoms with Crippen molar-refractivity contribution in [1.82, 2.24) is 24.6 Å². The number of aromatic nitrogens is 4. The summed E-state index contributed by atoms with van der Waals surface area (Å²) in [6, 6.07) is 0.570. The Labute approximate surface area is 176 Å². The molecule has 1 aromatic carbocycles. The van der Waals surface area contributed by atoms with Gasteiger partial charge in [-0.1, -0.05) is 11.6 Å². The minimum absolute atomic E-state index is 0.0775. The van der Waals surface area contributed by atoms with Gasteiger partial charge in [0.05, 0.1) is 40.3 Å². The van der Waals surface area contributed by atoms with Gasteiger partial charge in [0, 0.05) is 5.56 Å². The van der Waals surface area contributed by atoms with Gasteiger partial charge in [-0.3, -0.25) is 4.90 Å². The van der Waals surface area contributed by atoms with Gasteiger partial charge in [-0.2, -0.15) is 5.10 Å². The van der Waals surface area contributed by atoms with E-state index in [1.165, 1.54) is 12.4 Å². The maximum Gasteiger partial charge on any atom is 0.407 e. The molecule has 11 heteroatoms. The normalized spacial score (nSPS) is 17.4. The lowest BCUT2D eigenvalue weighted by atomic mass is 10.0. The van der Waals surface area contributed by atoms with Crippen molar-refractivity contribution < 1.29 is 19.0 Å². The minimum Gasteiger partial charge on any atom is -0.491 e. The van der Waals surface area contributed by atoms with Crippen LogP contribution in [0.15, 0.2) is 12.4 Å². The Balaban J connectivity index is 1.89. The predicted octanol–water partition coefficient (Wildman–Crippen LogP) is 3.38. The van der Waals surface area contributed by atoms with E-state index < -0.39 is 24.0 Å². The number of fused-ring (bicyclic) bond motifs is 2. The third-order valence-electron chi connectivity index (χ3n) is 5.38. The smallest absolute Gasteiger partial charge is 0.407 e. The Morgan fingerprint density at radius 2 is 2.20 bits per heavy atom. The number of rotatable bonds is 2. The highest BCUT2D eigenvalue weighted by atomic mass is 35.5. The van der Waals surface area contributed by atoms with Crippen molar-refractivity contribution in [1.29, 1.82) is 0 Å². The van der Waals surface area contributed by atoms with Crippen molar-refractivity contribution in [2.75, 3.05) is 12.3 Å². The van der Waals surface area contributed by atoms with E-state index >= 15 is 0 Å². The average molecular weight is 435 g/mol. The third-order valence-corrected chi connectivity index (χ3v) is 5.65. The molecule has 1 unspecified atom stereocenters. The lowest BCUT2D eigenvalue weighted by Crippen LogP contribution is -2.38. The fourth-order valence-electron chi connectivity index (χ4n) is 3.75. The molecule has 0 saturated heterocycles. The van der Waals surface area contributed by atoms with Crippen LogP contribution in [0.1, 0.15) is 36.7 Å². The summed E-state index contributed by atoms with van der Waals surface area (Å²) in [5, 5.41) is 14.6. The van der Waals surface area contributed by atoms with Gasteiger partial charge in [-0.15, -0.1) is 0 Å². The highest BCUT2D eigenvalue weighted by Gasteiger charge is 2.32. The first-order valence-electron chi connectivity index (χ1n) is 9.29. The van der Waals surface area contributed by atoms with Crippen LogP contribution in [0.2, 0.25) is 5.02 Å². The number of nitrogens with two attached hydrogens (primary N) is 1. The summed E-state index contributed by atoms with van der Waals surface area (Å²) in [5.41, 5.74) is 7.82. The number of hydrogen-bond donors (Lipinski definition) is 2. The highest BCUT2D eigenvalue weighted by Crippen LogP contribution is 2.40. The maximum absolute atomic E-state index is 14.9. The largest absolute Gasteiger partial charge is 0.491 e. The zero-order valence-corrected chi connectivity index (χ0v) is 17.3. The molecule has 0 fully saturated rings. The SMILES string of the molecule is Cc1nn(C(C)c2cc(Cl)c(F)c3c2OC[C@H](C)N(C(=O)O)C3)c2ncnc(N)c12. The van der Waals surface area contributed by atoms with E-state index in [-0.39, 0.29) is 29.5 Å². The Hall–Kier alpha value is -3.14. The molecule has 0 radical (unpaired) electrons. The molecule has 3 N–H and O–H groups in total. The van der Waals surface area contributed by atoms with Gasteiger partial charge in [-0.25, -0.2) is 23.8 Å². The van der Waals surface area contributed by atoms with Gasteiger partial charge in [0.2, 0.25) is 0 Å². The van der Waals surface area contributed by atoms with Gasteiger partial charge >= 0.3 is 6.09 Å². The van der Waals surface area contributed by atoms with Crippen LogP contribution in [0.4, 0.5) is 15.0 Å². The molecule has 0 aliphatic carbocycles. The molecule has 0 spiro atoms. The number of aryl methyl sites for hydroxylation is 1. The Bertz CT molecular complexity index is 1170. The minimum atomic E-state index is -1.16. The number of ether oxygens (including phenoxy) is 1. The van der Waals surface area contributed by atoms with E-state index in [0.717, 1.165) is 4.90 Å². The van der Waals surface area contributed by atoms with Gasteiger partial charge in [0.1, 0.15) is 24.5 Å². The fraction of sp³-hybridized carbons (Fsp3) is 0.368. The monoisotopic (exact) mass is 434 g/mol. The molecule has 0 bridgehead atoms. The van der Waals surface area contributed by atoms with Crippen LogP contribution in [0.5, 0.6) is 5.75 Å². The van der Waals surface area contributed by atoms with Crippen molar-refractivity contribution in [2.24, 2.45) is 0 Å². The van der Waals surface area contributed by atoms with Crippen LogP contribution < -0.4 is 10.5 Å². The molecule has 2 atom stereocenters. The highest BCUT2D eigenvalue weighted by molar-refractivity contribution is 6.31. The first kappa shape index (κ1) is 20.1. The number of carboxylic acid groups (broad SMARTS) is 1. The molecule has 3 aromatic rings. The summed E-state index contributed by atoms with van der Waals surface area (Å²) in [5.74, 6) is -0.117. The van der Waals surface area contributed by atoms with Crippen LogP contribution in [0.3, 0.4) is 0 Å². The molecule has 9 nitrogen and oxygen atoms in total. The molecule has 4 rings (SSSR count). The fourth-order valence-corrected chi connectivity index (χ4v) is 3.98. The second-order valence-corrected chi connectivity index (χ2v) is 7.71. The number of anilines is 1. The average Bonchev–Trinajstić information content (AvgIpc) is 2.93. The number of carbonyl (C=O) groups is 1. The number of nitrogens with zero attached hydrogens (tertiary/aromatic N) is 5. The molecule has 1 amide bonds. The summed E-state index contributed by atoms with van der Waals surface area (Å²) < 4.78 is 22.4. The summed E-state index contributed by atoms with van der Waals surface area (Å²) in [6.45, 7) is 5.25. The van der Waals surface area contributed by atoms with E-state index in [9.17, 15) is 14.3 Å². The number of hydrogen-bond acceptors (Lipinski definition) is 6. The van der Waals surface area contributed by atoms with Crippen LogP contribution in [0, 0.1) is 12.7 Å². The number of nitrogen functional groups attached to an aromatic ring is 1. The van der Waals surface area contributed by atoms with E-state index in [4.69, 9.17) is 22.1 Å². The van der Waals surface area contributed by atoms with E-state index in [1.807, 2.05) is 6.92 Å². The van der Waals surface area contributed by atoms with Gasteiger partial charge < -0.3 is 15.6 Å². The predicted molar refractivity (Wildman–Crippen MR) is 108 cm³/mol. The molecule has 30 heavy (non-hydrogen) atoms. The third kappa shape index (κ3) is 3.07. The molecule has 3 heterocycles. The van der Waals surface area contributed by atoms with Crippen molar-refractivity contribution >= 4 is 34.5 Å². The van der Waals surface area contributed by atoms with E-state index in [1.54, 1.807) is 18.5 Å². The molecular formula is C19H20ClFN6O3. The van der Waals surface area contributed by atoms with Crippen molar-refractivity contribution in [3.63, 3.8) is 0 Å². The van der Waals surface area contributed by atoms with Crippen LogP contribution in [-0.2, 0) is 6.54 Å². The van der Waals surface area contributed by atoms with Crippen molar-refractivity contribution in [3.05, 3.63) is 40.1 Å². The summed E-state index contributed by atoms with van der Waals surface area (Å²) in [7, 11) is 0. The van der Waals surface area contributed by atoms with Gasteiger partial charge in [-0.05, 0) is 26.8 Å². The first-order valence-corrected chi connectivity index (χ1v) is 9.66. The second kappa shape index (κ2) is 7.28. The lowest BCUT2D eigenvalue weighted by Gasteiger charge is -2.22. The number of amides is 1. The van der Waals surface area contributed by atoms with Crippen molar-refractivity contribution in [2.45, 2.75) is 39.4 Å². The molecule has 2 aromatic heterocycles. The van der Waals surface area contributed by atoms with Crippen LogP contribution >= 0.6 is 11.6 Å². The lowest BCUT2D eigenvalue weighted by molar-refractivity contribution is 0.113. The van der Waals surface area contributed by atoms with Crippen LogP contribution in [0.25, 0.3) is 11.0 Å². The van der Waals surface area contributed by atoms with Crippen LogP contribution in [-0.4, -0.2) is 48.5 Å². The molecule has 1 aliphatic rings. The standard InChI is InChI=1S/C19H20ClFN6O3/c1-8-6-30-16-11(4-13(20)15(21)12(16)5-26(8)19(28)29)10(3)27-18-14(9(2)25-27)17(22)23-7-24-18/h4,7-8,10H,5-6H2,1-3H3,(H,28,29)(H2,22,23,24)/t8-,10?/m0/s1. The first-order chi connectivity index (χ1) is 14.2. The topological polar surface area (TPSA) is 119 Å². The quantitative estimate of drug-likeness (QED) is 0.634. The summed E-state index contributed by atoms with van der Waals surface area (Å²) in [6.07, 6.45) is 0.192. The summed E-state index contributed by atoms with van der Waals surface area (Å²) >= 11 is 6.18. The molecule has 1 aliphatic heterocycles. The summed E-state index contributed by atoms with van der Waals surface area (Å²) in [4.78, 5) is 21.1. The van der Waals surface area contributed by atoms with Gasteiger partial charge in [0.15, 0.2) is 11.5 Å². The Kier molecular flexibility index (Phi) is 4.89. The van der Waals surface area contributed by atoms with Crippen molar-refractivity contribution in [3.8, 4) is 5.75 Å².